The van der Waals surface area contributed by atoms with Crippen molar-refractivity contribution in [1.29, 1.82) is 0 Å². The molecular formula is C9H10O5. The van der Waals surface area contributed by atoms with E-state index in [2.05, 4.69) is 0 Å². The van der Waals surface area contributed by atoms with Gasteiger partial charge in [0.1, 0.15) is 0 Å². The lowest BCUT2D eigenvalue weighted by molar-refractivity contribution is 0.0631. The number of aryl methyl sites for hydroxylation is 1. The summed E-state index contributed by atoms with van der Waals surface area (Å²) in [7, 11) is 0. The number of carboxylic acid groups (broad SMARTS) is 2. The first-order valence-corrected chi connectivity index (χ1v) is 4.15. The van der Waals surface area contributed by atoms with Crippen molar-refractivity contribution < 1.29 is 24.2 Å². The molecule has 14 heavy (non-hydrogen) atoms. The van der Waals surface area contributed by atoms with Gasteiger partial charge >= 0.3 is 11.9 Å². The van der Waals surface area contributed by atoms with Gasteiger partial charge in [0, 0.05) is 5.56 Å². The smallest absolute Gasteiger partial charge is 0.372 e. The van der Waals surface area contributed by atoms with Crippen molar-refractivity contribution in [3.05, 3.63) is 23.2 Å². The number of carbonyl (C=O) groups is 2. The first-order valence-electron chi connectivity index (χ1n) is 4.15. The van der Waals surface area contributed by atoms with Gasteiger partial charge in [-0.3, -0.25) is 0 Å². The molecule has 1 aromatic rings. The maximum absolute atomic E-state index is 10.6. The summed E-state index contributed by atoms with van der Waals surface area (Å²) < 4.78 is 4.69. The van der Waals surface area contributed by atoms with Crippen LogP contribution in [0.25, 0.3) is 0 Å². The van der Waals surface area contributed by atoms with Crippen LogP contribution in [0, 0.1) is 0 Å². The lowest BCUT2D eigenvalue weighted by Crippen LogP contribution is -1.98. The van der Waals surface area contributed by atoms with E-state index in [1.165, 1.54) is 6.07 Å². The van der Waals surface area contributed by atoms with E-state index in [9.17, 15) is 9.59 Å². The number of aromatic carboxylic acids is 2. The molecule has 0 aliphatic carbocycles. The van der Waals surface area contributed by atoms with E-state index in [0.29, 0.717) is 12.0 Å². The highest BCUT2D eigenvalue weighted by molar-refractivity contribution is 5.90. The van der Waals surface area contributed by atoms with Gasteiger partial charge in [0.15, 0.2) is 0 Å². The molecule has 1 aromatic heterocycles. The van der Waals surface area contributed by atoms with Crippen molar-refractivity contribution in [3.63, 3.8) is 0 Å². The first kappa shape index (κ1) is 10.3. The van der Waals surface area contributed by atoms with Crippen LogP contribution in [-0.2, 0) is 6.42 Å². The van der Waals surface area contributed by atoms with Crippen LogP contribution in [0.15, 0.2) is 10.5 Å². The summed E-state index contributed by atoms with van der Waals surface area (Å²) in [4.78, 5) is 21.2. The Kier molecular flexibility index (Phi) is 2.91. The Morgan fingerprint density at radius 1 is 1.36 bits per heavy atom. The maximum atomic E-state index is 10.6. The zero-order valence-electron chi connectivity index (χ0n) is 7.61. The third kappa shape index (κ3) is 1.93. The predicted octanol–water partition coefficient (Wildman–Crippen LogP) is 1.63. The van der Waals surface area contributed by atoms with Gasteiger partial charge < -0.3 is 14.6 Å². The molecule has 0 atom stereocenters. The second-order valence-electron chi connectivity index (χ2n) is 2.83. The van der Waals surface area contributed by atoms with Gasteiger partial charge in [0.2, 0.25) is 11.5 Å². The number of hydrogen-bond acceptors (Lipinski definition) is 3. The Balaban J connectivity index is 3.12. The Morgan fingerprint density at radius 3 is 2.43 bits per heavy atom. The standard InChI is InChI=1S/C9H10O5/c1-2-3-5-4-6(8(10)11)14-7(5)9(12)13/h4H,2-3H2,1H3,(H,10,11)(H,12,13). The quantitative estimate of drug-likeness (QED) is 0.767. The molecule has 0 amide bonds. The normalized spacial score (nSPS) is 10.1. The van der Waals surface area contributed by atoms with E-state index in [-0.39, 0.29) is 11.5 Å². The fourth-order valence-electron chi connectivity index (χ4n) is 1.17. The van der Waals surface area contributed by atoms with Crippen molar-refractivity contribution in [2.45, 2.75) is 19.8 Å². The van der Waals surface area contributed by atoms with Crippen molar-refractivity contribution in [2.75, 3.05) is 0 Å². The van der Waals surface area contributed by atoms with Crippen molar-refractivity contribution in [1.82, 2.24) is 0 Å². The summed E-state index contributed by atoms with van der Waals surface area (Å²) in [5.74, 6) is -3.09. The Bertz CT molecular complexity index is 363. The second-order valence-corrected chi connectivity index (χ2v) is 2.83. The molecule has 1 heterocycles. The topological polar surface area (TPSA) is 87.7 Å². The van der Waals surface area contributed by atoms with Gasteiger partial charge in [-0.2, -0.15) is 0 Å². The minimum Gasteiger partial charge on any atom is -0.475 e. The fraction of sp³-hybridized carbons (Fsp3) is 0.333. The summed E-state index contributed by atoms with van der Waals surface area (Å²) in [6.07, 6.45) is 1.23. The molecule has 0 unspecified atom stereocenters. The van der Waals surface area contributed by atoms with E-state index in [0.717, 1.165) is 6.42 Å². The molecule has 2 N–H and O–H groups in total. The Labute approximate surface area is 80.0 Å². The molecule has 0 aliphatic rings. The van der Waals surface area contributed by atoms with Crippen LogP contribution in [0.5, 0.6) is 0 Å². The molecule has 0 radical (unpaired) electrons. The number of hydrogen-bond donors (Lipinski definition) is 2. The first-order chi connectivity index (χ1) is 6.56. The molecule has 0 fully saturated rings. The van der Waals surface area contributed by atoms with Crippen LogP contribution in [0.4, 0.5) is 0 Å². The van der Waals surface area contributed by atoms with Gasteiger partial charge in [0.25, 0.3) is 0 Å². The van der Waals surface area contributed by atoms with Gasteiger partial charge in [-0.15, -0.1) is 0 Å². The fourth-order valence-corrected chi connectivity index (χ4v) is 1.17. The average molecular weight is 198 g/mol. The lowest BCUT2D eigenvalue weighted by Gasteiger charge is -1.93. The largest absolute Gasteiger partial charge is 0.475 e. The summed E-state index contributed by atoms with van der Waals surface area (Å²) in [5, 5.41) is 17.3. The number of rotatable bonds is 4. The van der Waals surface area contributed by atoms with Crippen molar-refractivity contribution in [2.24, 2.45) is 0 Å². The van der Waals surface area contributed by atoms with Crippen LogP contribution in [0.1, 0.15) is 40.0 Å². The van der Waals surface area contributed by atoms with Crippen molar-refractivity contribution in [3.8, 4) is 0 Å². The van der Waals surface area contributed by atoms with E-state index < -0.39 is 11.9 Å². The molecule has 0 saturated carbocycles. The van der Waals surface area contributed by atoms with Crippen LogP contribution < -0.4 is 0 Å². The summed E-state index contributed by atoms with van der Waals surface area (Å²) in [6, 6.07) is 1.26. The van der Waals surface area contributed by atoms with Gasteiger partial charge in [0.05, 0.1) is 0 Å². The number of carboxylic acids is 2. The molecule has 0 aromatic carbocycles. The van der Waals surface area contributed by atoms with Crippen LogP contribution in [0.2, 0.25) is 0 Å². The summed E-state index contributed by atoms with van der Waals surface area (Å²) >= 11 is 0. The summed E-state index contributed by atoms with van der Waals surface area (Å²) in [5.41, 5.74) is 0.428. The maximum Gasteiger partial charge on any atom is 0.372 e. The predicted molar refractivity (Wildman–Crippen MR) is 46.6 cm³/mol. The number of furan rings is 1. The Hall–Kier alpha value is -1.78. The van der Waals surface area contributed by atoms with E-state index in [1.807, 2.05) is 6.92 Å². The minimum atomic E-state index is -1.25. The average Bonchev–Trinajstić information content (AvgIpc) is 2.49. The van der Waals surface area contributed by atoms with Gasteiger partial charge in [-0.1, -0.05) is 13.3 Å². The highest BCUT2D eigenvalue weighted by Gasteiger charge is 2.19. The molecule has 1 rings (SSSR count). The highest BCUT2D eigenvalue weighted by atomic mass is 16.4. The Morgan fingerprint density at radius 2 is 2.00 bits per heavy atom. The zero-order chi connectivity index (χ0) is 10.7. The molecule has 76 valence electrons. The molecular weight excluding hydrogens is 188 g/mol. The van der Waals surface area contributed by atoms with E-state index in [4.69, 9.17) is 14.6 Å². The van der Waals surface area contributed by atoms with Gasteiger partial charge in [-0.05, 0) is 12.5 Å². The van der Waals surface area contributed by atoms with Crippen molar-refractivity contribution >= 4 is 11.9 Å². The third-order valence-corrected chi connectivity index (χ3v) is 1.73. The van der Waals surface area contributed by atoms with Crippen LogP contribution in [-0.4, -0.2) is 22.2 Å². The monoisotopic (exact) mass is 198 g/mol. The highest BCUT2D eigenvalue weighted by Crippen LogP contribution is 2.17. The minimum absolute atomic E-state index is 0.274. The van der Waals surface area contributed by atoms with E-state index in [1.54, 1.807) is 0 Å². The van der Waals surface area contributed by atoms with Crippen LogP contribution in [0.3, 0.4) is 0 Å². The molecule has 0 aliphatic heterocycles. The van der Waals surface area contributed by atoms with Crippen LogP contribution >= 0.6 is 0 Å². The molecule has 0 saturated heterocycles. The van der Waals surface area contributed by atoms with Gasteiger partial charge in [-0.25, -0.2) is 9.59 Å². The molecule has 5 heteroatoms. The molecule has 0 bridgehead atoms. The lowest BCUT2D eigenvalue weighted by atomic mass is 10.1. The summed E-state index contributed by atoms with van der Waals surface area (Å²) in [6.45, 7) is 1.87. The zero-order valence-corrected chi connectivity index (χ0v) is 7.61. The van der Waals surface area contributed by atoms with E-state index >= 15 is 0 Å². The third-order valence-electron chi connectivity index (χ3n) is 1.73. The molecule has 5 nitrogen and oxygen atoms in total. The molecule has 0 spiro atoms. The second kappa shape index (κ2) is 3.95. The SMILES string of the molecule is CCCc1cc(C(=O)O)oc1C(=O)O.